The number of nitro benzene ring substituents is 1. The second-order valence-corrected chi connectivity index (χ2v) is 5.59. The van der Waals surface area contributed by atoms with E-state index in [9.17, 15) is 14.9 Å². The molecule has 0 spiro atoms. The highest BCUT2D eigenvalue weighted by atomic mass is 35.5. The molecule has 0 radical (unpaired) electrons. The van der Waals surface area contributed by atoms with Crippen LogP contribution in [0, 0.1) is 10.1 Å². The Labute approximate surface area is 141 Å². The third-order valence-corrected chi connectivity index (χ3v) is 4.05. The Hall–Kier alpha value is -1.86. The molecule has 0 aliphatic carbocycles. The predicted octanol–water partition coefficient (Wildman–Crippen LogP) is 2.64. The lowest BCUT2D eigenvalue weighted by Crippen LogP contribution is -2.36. The van der Waals surface area contributed by atoms with Gasteiger partial charge in [-0.15, -0.1) is 12.4 Å². The van der Waals surface area contributed by atoms with Gasteiger partial charge in [0.15, 0.2) is 0 Å². The number of carboxylic acids is 1. The van der Waals surface area contributed by atoms with E-state index in [0.29, 0.717) is 5.69 Å². The molecule has 0 aromatic heterocycles. The van der Waals surface area contributed by atoms with Gasteiger partial charge in [0.05, 0.1) is 4.92 Å². The highest BCUT2D eigenvalue weighted by Crippen LogP contribution is 2.25. The number of halogens is 1. The first-order valence-electron chi connectivity index (χ1n) is 7.44. The molecule has 1 fully saturated rings. The topological polar surface area (TPSA) is 86.9 Å². The third kappa shape index (κ3) is 5.07. The maximum Gasteiger partial charge on any atom is 0.342 e. The minimum Gasteiger partial charge on any atom is -0.477 e. The van der Waals surface area contributed by atoms with E-state index in [0.717, 1.165) is 26.2 Å². The van der Waals surface area contributed by atoms with E-state index < -0.39 is 10.9 Å². The Bertz CT molecular complexity index is 562. The van der Waals surface area contributed by atoms with E-state index in [1.54, 1.807) is 6.07 Å². The fourth-order valence-corrected chi connectivity index (χ4v) is 2.69. The Morgan fingerprint density at radius 3 is 2.57 bits per heavy atom. The Balaban J connectivity index is 0.00000264. The highest BCUT2D eigenvalue weighted by molar-refractivity contribution is 5.93. The SMILES string of the molecule is CN(CCN1CCCCC1)c1ccc(C(=O)O)c([N+](=O)[O-])c1.Cl. The van der Waals surface area contributed by atoms with Crippen LogP contribution in [-0.4, -0.2) is 54.1 Å². The van der Waals surface area contributed by atoms with Gasteiger partial charge in [-0.3, -0.25) is 10.1 Å². The first-order chi connectivity index (χ1) is 10.5. The molecule has 1 saturated heterocycles. The second-order valence-electron chi connectivity index (χ2n) is 5.59. The number of nitrogens with zero attached hydrogens (tertiary/aromatic N) is 3. The molecule has 23 heavy (non-hydrogen) atoms. The van der Waals surface area contributed by atoms with Crippen LogP contribution >= 0.6 is 12.4 Å². The van der Waals surface area contributed by atoms with Gasteiger partial charge in [-0.25, -0.2) is 4.79 Å². The molecular weight excluding hydrogens is 322 g/mol. The lowest BCUT2D eigenvalue weighted by Gasteiger charge is -2.29. The van der Waals surface area contributed by atoms with Gasteiger partial charge in [-0.1, -0.05) is 6.42 Å². The summed E-state index contributed by atoms with van der Waals surface area (Å²) >= 11 is 0. The number of likely N-dealkylation sites (N-methyl/N-ethyl adjacent to an activating group) is 1. The second kappa shape index (κ2) is 8.69. The van der Waals surface area contributed by atoms with Crippen molar-refractivity contribution in [3.63, 3.8) is 0 Å². The molecule has 1 aromatic rings. The molecule has 0 atom stereocenters. The predicted molar refractivity (Wildman–Crippen MR) is 90.9 cm³/mol. The monoisotopic (exact) mass is 343 g/mol. The fraction of sp³-hybridized carbons (Fsp3) is 0.533. The Morgan fingerprint density at radius 2 is 2.00 bits per heavy atom. The van der Waals surface area contributed by atoms with Crippen LogP contribution in [-0.2, 0) is 0 Å². The van der Waals surface area contributed by atoms with Crippen LogP contribution in [0.3, 0.4) is 0 Å². The van der Waals surface area contributed by atoms with Gasteiger partial charge in [0.2, 0.25) is 0 Å². The maximum atomic E-state index is 11.0. The molecular formula is C15H22ClN3O4. The lowest BCUT2D eigenvalue weighted by molar-refractivity contribution is -0.385. The summed E-state index contributed by atoms with van der Waals surface area (Å²) in [5, 5.41) is 20.0. The number of likely N-dealkylation sites (tertiary alicyclic amines) is 1. The van der Waals surface area contributed by atoms with Crippen molar-refractivity contribution >= 4 is 29.8 Å². The highest BCUT2D eigenvalue weighted by Gasteiger charge is 2.21. The summed E-state index contributed by atoms with van der Waals surface area (Å²) in [6.45, 7) is 3.87. The molecule has 128 valence electrons. The van der Waals surface area contributed by atoms with Crippen molar-refractivity contribution in [1.82, 2.24) is 4.90 Å². The van der Waals surface area contributed by atoms with Crippen molar-refractivity contribution in [3.8, 4) is 0 Å². The molecule has 0 bridgehead atoms. The molecule has 7 nitrogen and oxygen atoms in total. The van der Waals surface area contributed by atoms with E-state index in [-0.39, 0.29) is 23.7 Å². The quantitative estimate of drug-likeness (QED) is 0.631. The van der Waals surface area contributed by atoms with E-state index in [1.165, 1.54) is 31.4 Å². The smallest absolute Gasteiger partial charge is 0.342 e. The first kappa shape index (κ1) is 19.2. The molecule has 0 amide bonds. The van der Waals surface area contributed by atoms with Crippen LogP contribution in [0.4, 0.5) is 11.4 Å². The Kier molecular flexibility index (Phi) is 7.25. The number of piperidine rings is 1. The summed E-state index contributed by atoms with van der Waals surface area (Å²) < 4.78 is 0. The van der Waals surface area contributed by atoms with Crippen molar-refractivity contribution in [1.29, 1.82) is 0 Å². The Morgan fingerprint density at radius 1 is 1.35 bits per heavy atom. The number of aromatic carboxylic acids is 1. The van der Waals surface area contributed by atoms with Crippen molar-refractivity contribution in [3.05, 3.63) is 33.9 Å². The van der Waals surface area contributed by atoms with Gasteiger partial charge in [0, 0.05) is 31.9 Å². The third-order valence-electron chi connectivity index (χ3n) is 4.05. The number of rotatable bonds is 6. The summed E-state index contributed by atoms with van der Waals surface area (Å²) in [6.07, 6.45) is 3.74. The molecule has 0 unspecified atom stereocenters. The van der Waals surface area contributed by atoms with Gasteiger partial charge in [0.25, 0.3) is 5.69 Å². The normalized spacial score (nSPS) is 14.8. The number of hydrogen-bond donors (Lipinski definition) is 1. The standard InChI is InChI=1S/C15H21N3O4.ClH/c1-16(9-10-17-7-3-2-4-8-17)12-5-6-13(15(19)20)14(11-12)18(21)22;/h5-6,11H,2-4,7-10H2,1H3,(H,19,20);1H. The molecule has 1 aliphatic rings. The van der Waals surface area contributed by atoms with E-state index in [4.69, 9.17) is 5.11 Å². The summed E-state index contributed by atoms with van der Waals surface area (Å²) in [6, 6.07) is 4.25. The van der Waals surface area contributed by atoms with Gasteiger partial charge in [-0.05, 0) is 38.1 Å². The van der Waals surface area contributed by atoms with E-state index in [1.807, 2.05) is 11.9 Å². The fourth-order valence-electron chi connectivity index (χ4n) is 2.69. The largest absolute Gasteiger partial charge is 0.477 e. The van der Waals surface area contributed by atoms with Gasteiger partial charge < -0.3 is 14.9 Å². The maximum absolute atomic E-state index is 11.0. The van der Waals surface area contributed by atoms with Crippen molar-refractivity contribution < 1.29 is 14.8 Å². The molecule has 1 aliphatic heterocycles. The van der Waals surface area contributed by atoms with E-state index in [2.05, 4.69) is 4.90 Å². The number of carboxylic acid groups (broad SMARTS) is 1. The summed E-state index contributed by atoms with van der Waals surface area (Å²) in [5.74, 6) is -1.28. The average Bonchev–Trinajstić information content (AvgIpc) is 2.52. The van der Waals surface area contributed by atoms with E-state index >= 15 is 0 Å². The van der Waals surface area contributed by atoms with Gasteiger partial charge in [-0.2, -0.15) is 0 Å². The summed E-state index contributed by atoms with van der Waals surface area (Å²) in [4.78, 5) is 25.7. The zero-order valence-corrected chi connectivity index (χ0v) is 13.9. The van der Waals surface area contributed by atoms with Gasteiger partial charge >= 0.3 is 5.97 Å². The van der Waals surface area contributed by atoms with Crippen LogP contribution in [0.25, 0.3) is 0 Å². The molecule has 1 aromatic carbocycles. The molecule has 0 saturated carbocycles. The molecule has 1 heterocycles. The molecule has 2 rings (SSSR count). The molecule has 1 N–H and O–H groups in total. The minimum atomic E-state index is -1.28. The minimum absolute atomic E-state index is 0. The van der Waals surface area contributed by atoms with Gasteiger partial charge in [0.1, 0.15) is 5.56 Å². The zero-order valence-electron chi connectivity index (χ0n) is 13.1. The van der Waals surface area contributed by atoms with Crippen molar-refractivity contribution in [2.24, 2.45) is 0 Å². The zero-order chi connectivity index (χ0) is 16.1. The van der Waals surface area contributed by atoms with Crippen LogP contribution in [0.5, 0.6) is 0 Å². The number of anilines is 1. The van der Waals surface area contributed by atoms with Crippen LogP contribution in [0.2, 0.25) is 0 Å². The lowest BCUT2D eigenvalue weighted by atomic mass is 10.1. The summed E-state index contributed by atoms with van der Waals surface area (Å²) in [5.41, 5.74) is 0.0155. The van der Waals surface area contributed by atoms with Crippen molar-refractivity contribution in [2.75, 3.05) is 38.1 Å². The number of hydrogen-bond acceptors (Lipinski definition) is 5. The number of carbonyl (C=O) groups is 1. The molecule has 8 heteroatoms. The van der Waals surface area contributed by atoms with Crippen LogP contribution in [0.1, 0.15) is 29.6 Å². The summed E-state index contributed by atoms with van der Waals surface area (Å²) in [7, 11) is 1.86. The number of benzene rings is 1. The van der Waals surface area contributed by atoms with Crippen LogP contribution < -0.4 is 4.90 Å². The van der Waals surface area contributed by atoms with Crippen molar-refractivity contribution in [2.45, 2.75) is 19.3 Å². The first-order valence-corrected chi connectivity index (χ1v) is 7.44. The average molecular weight is 344 g/mol. The van der Waals surface area contributed by atoms with Crippen LogP contribution in [0.15, 0.2) is 18.2 Å². The number of nitro groups is 1.